The van der Waals surface area contributed by atoms with Gasteiger partial charge in [0.1, 0.15) is 24.5 Å². The molecule has 39 heavy (non-hydrogen) atoms. The van der Waals surface area contributed by atoms with E-state index in [0.717, 1.165) is 23.3 Å². The van der Waals surface area contributed by atoms with Gasteiger partial charge < -0.3 is 19.1 Å². The number of aromatic amines is 1. The molecule has 1 aromatic carbocycles. The summed E-state index contributed by atoms with van der Waals surface area (Å²) in [5.41, 5.74) is -1.49. The number of ether oxygens (including phenoxy) is 2. The number of para-hydroxylation sites is 1. The summed E-state index contributed by atoms with van der Waals surface area (Å²) >= 11 is 1.20. The molecule has 2 aromatic rings. The average Bonchev–Trinajstić information content (AvgIpc) is 3.11. The van der Waals surface area contributed by atoms with Crippen LogP contribution in [0.15, 0.2) is 52.2 Å². The third-order valence-electron chi connectivity index (χ3n) is 6.41. The van der Waals surface area contributed by atoms with Gasteiger partial charge >= 0.3 is 19.4 Å². The van der Waals surface area contributed by atoms with Gasteiger partial charge in [0.15, 0.2) is 6.23 Å². The second-order valence-corrected chi connectivity index (χ2v) is 12.4. The van der Waals surface area contributed by atoms with Gasteiger partial charge in [-0.15, -0.1) is 11.8 Å². The van der Waals surface area contributed by atoms with Crippen molar-refractivity contribution in [2.75, 3.05) is 19.0 Å². The van der Waals surface area contributed by atoms with E-state index in [2.05, 4.69) is 10.1 Å². The molecule has 0 aliphatic carbocycles. The molecular weight excluding hydrogens is 556 g/mol. The molecule has 0 radical (unpaired) electrons. The number of unbranched alkanes of at least 4 members (excludes halogenated alkanes) is 1. The van der Waals surface area contributed by atoms with Crippen LogP contribution in [0.25, 0.3) is 0 Å². The van der Waals surface area contributed by atoms with Crippen molar-refractivity contribution in [3.8, 4) is 5.75 Å². The van der Waals surface area contributed by atoms with E-state index in [4.69, 9.17) is 18.5 Å². The van der Waals surface area contributed by atoms with E-state index < -0.39 is 60.5 Å². The number of aromatic nitrogens is 2. The largest absolute Gasteiger partial charge is 0.465 e. The van der Waals surface area contributed by atoms with Gasteiger partial charge in [-0.1, -0.05) is 31.5 Å². The molecule has 4 rings (SSSR count). The Morgan fingerprint density at radius 1 is 1.36 bits per heavy atom. The van der Waals surface area contributed by atoms with Crippen LogP contribution in [0.1, 0.15) is 39.3 Å². The number of esters is 1. The molecule has 3 heterocycles. The van der Waals surface area contributed by atoms with Crippen molar-refractivity contribution in [3.63, 3.8) is 0 Å². The van der Waals surface area contributed by atoms with Gasteiger partial charge in [-0.3, -0.25) is 23.7 Å². The molecule has 1 unspecified atom stereocenters. The molecule has 1 spiro atoms. The number of carbonyl (C=O) groups is 1. The molecular formula is C24H31FN3O9PS. The maximum absolute atomic E-state index is 16.2. The quantitative estimate of drug-likeness (QED) is 0.190. The minimum atomic E-state index is -4.46. The highest BCUT2D eigenvalue weighted by molar-refractivity contribution is 8.02. The first kappa shape index (κ1) is 29.5. The Hall–Kier alpha value is -2.48. The molecule has 0 saturated carbocycles. The standard InChI is InChI=1S/C24H31FN3O9PS/c1-3-4-13-34-19(30)16(2)27-38(33,37-17-8-6-5-7-9-17)35-15-24(25)20(31)23(11-14-39-23)21(36-24)28-12-10-18(29)26-22(28)32/h5-10,12,16,20-21,31H,3-4,11,13-15H2,1-2H3,(H,27,33)(H,26,29,32)/t16-,20-,21+,23+,24+,38?/m0/s1. The van der Waals surface area contributed by atoms with E-state index in [0.29, 0.717) is 18.6 Å². The lowest BCUT2D eigenvalue weighted by Crippen LogP contribution is -2.54. The van der Waals surface area contributed by atoms with Crippen LogP contribution in [0.3, 0.4) is 0 Å². The maximum Gasteiger partial charge on any atom is 0.459 e. The molecule has 2 fully saturated rings. The topological polar surface area (TPSA) is 158 Å². The lowest BCUT2D eigenvalue weighted by atomic mass is 9.93. The lowest BCUT2D eigenvalue weighted by molar-refractivity contribution is -0.204. The highest BCUT2D eigenvalue weighted by Gasteiger charge is 2.68. The number of benzene rings is 1. The Bertz CT molecular complexity index is 1320. The average molecular weight is 588 g/mol. The monoisotopic (exact) mass is 587 g/mol. The molecule has 15 heteroatoms. The minimum absolute atomic E-state index is 0.115. The van der Waals surface area contributed by atoms with Crippen molar-refractivity contribution in [1.29, 1.82) is 0 Å². The zero-order valence-electron chi connectivity index (χ0n) is 21.4. The van der Waals surface area contributed by atoms with Gasteiger partial charge in [0.2, 0.25) is 0 Å². The first-order valence-corrected chi connectivity index (χ1v) is 15.0. The predicted octanol–water partition coefficient (Wildman–Crippen LogP) is 2.49. The van der Waals surface area contributed by atoms with E-state index in [1.165, 1.54) is 30.8 Å². The third-order valence-corrected chi connectivity index (χ3v) is 9.61. The Labute approximate surface area is 227 Å². The first-order valence-electron chi connectivity index (χ1n) is 12.5. The summed E-state index contributed by atoms with van der Waals surface area (Å²) in [5.74, 6) is -2.95. The minimum Gasteiger partial charge on any atom is -0.465 e. The molecule has 12 nitrogen and oxygen atoms in total. The van der Waals surface area contributed by atoms with Crippen LogP contribution >= 0.6 is 19.5 Å². The molecule has 2 aliphatic rings. The van der Waals surface area contributed by atoms with Crippen LogP contribution in [-0.2, 0) is 23.4 Å². The lowest BCUT2D eigenvalue weighted by Gasteiger charge is -2.43. The molecule has 2 saturated heterocycles. The van der Waals surface area contributed by atoms with Crippen LogP contribution in [-0.4, -0.2) is 62.3 Å². The summed E-state index contributed by atoms with van der Waals surface area (Å²) in [5, 5.41) is 13.5. The number of rotatable bonds is 12. The van der Waals surface area contributed by atoms with Crippen molar-refractivity contribution in [1.82, 2.24) is 14.6 Å². The Morgan fingerprint density at radius 2 is 2.08 bits per heavy atom. The van der Waals surface area contributed by atoms with Crippen LogP contribution in [0.2, 0.25) is 0 Å². The highest BCUT2D eigenvalue weighted by Crippen LogP contribution is 2.60. The maximum atomic E-state index is 16.2. The second kappa shape index (κ2) is 11.9. The number of nitrogens with zero attached hydrogens (tertiary/aromatic N) is 1. The van der Waals surface area contributed by atoms with Crippen LogP contribution in [0.4, 0.5) is 4.39 Å². The second-order valence-electron chi connectivity index (χ2n) is 9.28. The predicted molar refractivity (Wildman–Crippen MR) is 140 cm³/mol. The fraction of sp³-hybridized carbons (Fsp3) is 0.542. The molecule has 0 amide bonds. The molecule has 214 valence electrons. The molecule has 3 N–H and O–H groups in total. The Kier molecular flexibility index (Phi) is 9.04. The zero-order chi connectivity index (χ0) is 28.3. The number of H-pyrrole nitrogens is 1. The van der Waals surface area contributed by atoms with Gasteiger partial charge in [-0.05, 0) is 37.7 Å². The van der Waals surface area contributed by atoms with Crippen molar-refractivity contribution in [2.24, 2.45) is 0 Å². The van der Waals surface area contributed by atoms with E-state index in [1.807, 2.05) is 6.92 Å². The fourth-order valence-electron chi connectivity index (χ4n) is 4.23. The first-order chi connectivity index (χ1) is 18.5. The van der Waals surface area contributed by atoms with Crippen molar-refractivity contribution in [2.45, 2.75) is 62.1 Å². The van der Waals surface area contributed by atoms with Gasteiger partial charge in [0, 0.05) is 12.3 Å². The van der Waals surface area contributed by atoms with Gasteiger partial charge in [-0.2, -0.15) is 5.09 Å². The number of hydrogen-bond acceptors (Lipinski definition) is 10. The van der Waals surface area contributed by atoms with E-state index in [9.17, 15) is 24.1 Å². The number of alkyl halides is 1. The Morgan fingerprint density at radius 3 is 2.69 bits per heavy atom. The SMILES string of the molecule is CCCCOC(=O)[C@H](C)NP(=O)(OC[C@@]1(F)O[C@@H](n2ccc(=O)[nH]c2=O)[C@@]2(CCS2)[C@@H]1O)Oc1ccccc1. The van der Waals surface area contributed by atoms with Crippen LogP contribution < -0.4 is 20.9 Å². The number of thioether (sulfide) groups is 1. The number of aliphatic hydroxyl groups excluding tert-OH is 1. The molecule has 0 bridgehead atoms. The molecule has 2 aliphatic heterocycles. The van der Waals surface area contributed by atoms with Crippen LogP contribution in [0.5, 0.6) is 5.75 Å². The number of carbonyl (C=O) groups excluding carboxylic acids is 1. The van der Waals surface area contributed by atoms with E-state index in [1.54, 1.807) is 18.2 Å². The smallest absolute Gasteiger partial charge is 0.459 e. The summed E-state index contributed by atoms with van der Waals surface area (Å²) in [6.45, 7) is 2.43. The molecule has 6 atom stereocenters. The number of nitrogens with one attached hydrogen (secondary N) is 2. The number of halogens is 1. The van der Waals surface area contributed by atoms with E-state index in [-0.39, 0.29) is 12.4 Å². The fourth-order valence-corrected chi connectivity index (χ4v) is 7.05. The number of hydrogen-bond donors (Lipinski definition) is 3. The van der Waals surface area contributed by atoms with Crippen LogP contribution in [0, 0.1) is 0 Å². The summed E-state index contributed by atoms with van der Waals surface area (Å²) in [7, 11) is -4.46. The van der Waals surface area contributed by atoms with Crippen molar-refractivity contribution in [3.05, 3.63) is 63.4 Å². The Balaban J connectivity index is 1.55. The molecule has 1 aromatic heterocycles. The summed E-state index contributed by atoms with van der Waals surface area (Å²) < 4.78 is 51.4. The summed E-state index contributed by atoms with van der Waals surface area (Å²) in [6, 6.07) is 7.85. The van der Waals surface area contributed by atoms with Gasteiger partial charge in [0.05, 0.1) is 11.4 Å². The normalized spacial score (nSPS) is 28.4. The third kappa shape index (κ3) is 6.31. The van der Waals surface area contributed by atoms with Gasteiger partial charge in [0.25, 0.3) is 11.4 Å². The zero-order valence-corrected chi connectivity index (χ0v) is 23.1. The highest BCUT2D eigenvalue weighted by atomic mass is 32.2. The summed E-state index contributed by atoms with van der Waals surface area (Å²) in [6.07, 6.45) is -0.180. The number of aliphatic hydroxyl groups is 1. The van der Waals surface area contributed by atoms with Gasteiger partial charge in [-0.25, -0.2) is 13.8 Å². The van der Waals surface area contributed by atoms with Crippen molar-refractivity contribution < 1.29 is 37.4 Å². The summed E-state index contributed by atoms with van der Waals surface area (Å²) in [4.78, 5) is 38.4. The van der Waals surface area contributed by atoms with E-state index >= 15 is 4.39 Å². The van der Waals surface area contributed by atoms with Crippen molar-refractivity contribution >= 4 is 25.5 Å².